The summed E-state index contributed by atoms with van der Waals surface area (Å²) < 4.78 is 0. The maximum absolute atomic E-state index is 11.3. The monoisotopic (exact) mass is 225 g/mol. The number of rotatable bonds is 1. The van der Waals surface area contributed by atoms with Crippen molar-refractivity contribution < 1.29 is 4.79 Å². The van der Waals surface area contributed by atoms with Gasteiger partial charge in [0.05, 0.1) is 0 Å². The fraction of sp³-hybridized carbons (Fsp3) is 0.533. The molecule has 4 aliphatic carbocycles. The molecule has 0 aromatic heterocycles. The highest BCUT2D eigenvalue weighted by Gasteiger charge is 2.73. The van der Waals surface area contributed by atoms with Gasteiger partial charge in [-0.05, 0) is 71.6 Å². The second kappa shape index (κ2) is 2.43. The molecule has 0 saturated heterocycles. The summed E-state index contributed by atoms with van der Waals surface area (Å²) in [6.07, 6.45) is 2.87. The molecule has 1 aromatic carbocycles. The highest BCUT2D eigenvalue weighted by atomic mass is 16.1. The van der Waals surface area contributed by atoms with E-state index in [1.807, 2.05) is 6.07 Å². The predicted molar refractivity (Wildman–Crippen MR) is 63.6 cm³/mol. The Labute approximate surface area is 100 Å². The Balaban J connectivity index is 1.69. The molecule has 0 spiro atoms. The predicted octanol–water partition coefficient (Wildman–Crippen LogP) is 2.25. The molecule has 17 heavy (non-hydrogen) atoms. The van der Waals surface area contributed by atoms with Crippen LogP contribution in [0.4, 0.5) is 0 Å². The van der Waals surface area contributed by atoms with Gasteiger partial charge in [0.1, 0.15) is 0 Å². The van der Waals surface area contributed by atoms with Crippen molar-refractivity contribution in [2.24, 2.45) is 29.4 Å². The van der Waals surface area contributed by atoms with Crippen molar-refractivity contribution in [3.8, 4) is 0 Å². The second-order valence-electron chi connectivity index (χ2n) is 6.32. The molecule has 0 heterocycles. The SMILES string of the molecule is NC(=O)c1ccc2c(c1)[C@@H]1[C@@H]3CC[C@@H]3[C@@H]3[C@H]2[C@@H]13. The number of hydrogen-bond donors (Lipinski definition) is 1. The molecule has 2 N–H and O–H groups in total. The van der Waals surface area contributed by atoms with Crippen molar-refractivity contribution in [1.29, 1.82) is 0 Å². The molecule has 1 aromatic rings. The summed E-state index contributed by atoms with van der Waals surface area (Å²) in [6, 6.07) is 6.19. The van der Waals surface area contributed by atoms with Crippen LogP contribution in [0.3, 0.4) is 0 Å². The highest BCUT2D eigenvalue weighted by molar-refractivity contribution is 5.93. The van der Waals surface area contributed by atoms with Crippen LogP contribution in [0, 0.1) is 23.7 Å². The Morgan fingerprint density at radius 3 is 2.59 bits per heavy atom. The Hall–Kier alpha value is -1.31. The average Bonchev–Trinajstić information content (AvgIpc) is 2.81. The van der Waals surface area contributed by atoms with Gasteiger partial charge in [-0.25, -0.2) is 0 Å². The van der Waals surface area contributed by atoms with E-state index in [1.165, 1.54) is 18.4 Å². The fourth-order valence-corrected chi connectivity index (χ4v) is 5.31. The topological polar surface area (TPSA) is 43.1 Å². The number of amides is 1. The van der Waals surface area contributed by atoms with Gasteiger partial charge in [-0.1, -0.05) is 6.07 Å². The zero-order valence-electron chi connectivity index (χ0n) is 9.60. The van der Waals surface area contributed by atoms with Crippen molar-refractivity contribution in [2.75, 3.05) is 0 Å². The zero-order valence-corrected chi connectivity index (χ0v) is 9.60. The molecule has 2 nitrogen and oxygen atoms in total. The lowest BCUT2D eigenvalue weighted by Gasteiger charge is -2.36. The smallest absolute Gasteiger partial charge is 0.248 e. The number of primary amides is 1. The standard InChI is InChI=1S/C15H15NO/c16-15(17)6-1-2-9-10(5-6)11-7-3-4-8(7)12-13(9)14(11)12/h1-2,5,7-8,11-14H,3-4H2,(H2,16,17)/t7-,8+,11+,12-,13+,14+/m1/s1. The van der Waals surface area contributed by atoms with Gasteiger partial charge in [0.2, 0.25) is 5.91 Å². The number of fused-ring (bicyclic) bond motifs is 7. The molecule has 3 saturated carbocycles. The minimum atomic E-state index is -0.284. The van der Waals surface area contributed by atoms with E-state index in [2.05, 4.69) is 12.1 Å². The largest absolute Gasteiger partial charge is 0.366 e. The van der Waals surface area contributed by atoms with Crippen LogP contribution in [0.1, 0.15) is 46.2 Å². The molecular weight excluding hydrogens is 210 g/mol. The third kappa shape index (κ3) is 0.791. The van der Waals surface area contributed by atoms with E-state index in [1.54, 1.807) is 5.56 Å². The number of carbonyl (C=O) groups excluding carboxylic acids is 1. The summed E-state index contributed by atoms with van der Waals surface area (Å²) in [5.74, 6) is 5.23. The molecule has 4 aliphatic rings. The first-order valence-corrected chi connectivity index (χ1v) is 6.71. The Kier molecular flexibility index (Phi) is 1.25. The summed E-state index contributed by atoms with van der Waals surface area (Å²) in [5, 5.41) is 0. The van der Waals surface area contributed by atoms with Crippen LogP contribution >= 0.6 is 0 Å². The van der Waals surface area contributed by atoms with E-state index in [0.29, 0.717) is 5.56 Å². The summed E-state index contributed by atoms with van der Waals surface area (Å²) in [6.45, 7) is 0. The normalized spacial score (nSPS) is 46.8. The van der Waals surface area contributed by atoms with Crippen molar-refractivity contribution in [1.82, 2.24) is 0 Å². The minimum absolute atomic E-state index is 0.284. The van der Waals surface area contributed by atoms with E-state index in [4.69, 9.17) is 5.73 Å². The zero-order chi connectivity index (χ0) is 11.3. The summed E-state index contributed by atoms with van der Waals surface area (Å²) in [4.78, 5) is 11.3. The molecule has 0 bridgehead atoms. The molecule has 6 atom stereocenters. The van der Waals surface area contributed by atoms with Gasteiger partial charge in [0.25, 0.3) is 0 Å². The van der Waals surface area contributed by atoms with Gasteiger partial charge < -0.3 is 5.73 Å². The van der Waals surface area contributed by atoms with Gasteiger partial charge in [0, 0.05) is 5.56 Å². The number of benzene rings is 1. The molecule has 5 rings (SSSR count). The van der Waals surface area contributed by atoms with Crippen LogP contribution in [0.15, 0.2) is 18.2 Å². The third-order valence-electron chi connectivity index (χ3n) is 5.98. The Morgan fingerprint density at radius 1 is 1.06 bits per heavy atom. The van der Waals surface area contributed by atoms with Gasteiger partial charge in [-0.15, -0.1) is 0 Å². The van der Waals surface area contributed by atoms with Gasteiger partial charge >= 0.3 is 0 Å². The number of nitrogens with two attached hydrogens (primary N) is 1. The third-order valence-corrected chi connectivity index (χ3v) is 5.98. The first kappa shape index (κ1) is 8.73. The molecule has 86 valence electrons. The molecular formula is C15H15NO. The van der Waals surface area contributed by atoms with Gasteiger partial charge in [-0.2, -0.15) is 0 Å². The quantitative estimate of drug-likeness (QED) is 0.782. The lowest BCUT2D eigenvalue weighted by atomic mass is 9.69. The van der Waals surface area contributed by atoms with E-state index in [9.17, 15) is 4.79 Å². The fourth-order valence-electron chi connectivity index (χ4n) is 5.31. The van der Waals surface area contributed by atoms with E-state index >= 15 is 0 Å². The first-order chi connectivity index (χ1) is 8.27. The molecule has 0 unspecified atom stereocenters. The minimum Gasteiger partial charge on any atom is -0.366 e. The van der Waals surface area contributed by atoms with E-state index in [-0.39, 0.29) is 5.91 Å². The molecule has 0 radical (unpaired) electrons. The first-order valence-electron chi connectivity index (χ1n) is 6.71. The van der Waals surface area contributed by atoms with Crippen molar-refractivity contribution in [3.05, 3.63) is 34.9 Å². The Bertz CT molecular complexity index is 564. The van der Waals surface area contributed by atoms with Crippen molar-refractivity contribution in [2.45, 2.75) is 24.7 Å². The summed E-state index contributed by atoms with van der Waals surface area (Å²) in [5.41, 5.74) is 9.10. The number of carbonyl (C=O) groups is 1. The van der Waals surface area contributed by atoms with Crippen molar-refractivity contribution in [3.63, 3.8) is 0 Å². The van der Waals surface area contributed by atoms with Gasteiger partial charge in [0.15, 0.2) is 0 Å². The Morgan fingerprint density at radius 2 is 1.88 bits per heavy atom. The summed E-state index contributed by atoms with van der Waals surface area (Å²) in [7, 11) is 0. The van der Waals surface area contributed by atoms with Gasteiger partial charge in [-0.3, -0.25) is 4.79 Å². The maximum atomic E-state index is 11.3. The average molecular weight is 225 g/mol. The molecule has 1 amide bonds. The molecule has 3 fully saturated rings. The van der Waals surface area contributed by atoms with Crippen molar-refractivity contribution >= 4 is 5.91 Å². The van der Waals surface area contributed by atoms with Crippen LogP contribution in [0.25, 0.3) is 0 Å². The highest BCUT2D eigenvalue weighted by Crippen LogP contribution is 2.81. The van der Waals surface area contributed by atoms with Crippen LogP contribution in [-0.2, 0) is 0 Å². The van der Waals surface area contributed by atoms with E-state index in [0.717, 1.165) is 35.5 Å². The number of hydrogen-bond acceptors (Lipinski definition) is 1. The molecule has 0 aliphatic heterocycles. The van der Waals surface area contributed by atoms with Crippen LogP contribution in [0.5, 0.6) is 0 Å². The second-order valence-corrected chi connectivity index (χ2v) is 6.32. The van der Waals surface area contributed by atoms with Crippen LogP contribution in [-0.4, -0.2) is 5.91 Å². The van der Waals surface area contributed by atoms with Crippen LogP contribution in [0.2, 0.25) is 0 Å². The summed E-state index contributed by atoms with van der Waals surface area (Å²) >= 11 is 0. The lowest BCUT2D eigenvalue weighted by Crippen LogP contribution is -2.27. The maximum Gasteiger partial charge on any atom is 0.248 e. The molecule has 2 heteroatoms. The van der Waals surface area contributed by atoms with Crippen LogP contribution < -0.4 is 5.73 Å². The lowest BCUT2D eigenvalue weighted by molar-refractivity contribution is 0.1000. The van der Waals surface area contributed by atoms with E-state index < -0.39 is 0 Å².